The first kappa shape index (κ1) is 19.5. The minimum Gasteiger partial charge on any atom is -0.456 e. The summed E-state index contributed by atoms with van der Waals surface area (Å²) < 4.78 is 103. The van der Waals surface area contributed by atoms with Gasteiger partial charge in [0.05, 0.1) is 15.1 Å². The molecule has 3 aromatic heterocycles. The van der Waals surface area contributed by atoms with E-state index in [0.29, 0.717) is 22.3 Å². The highest BCUT2D eigenvalue weighted by atomic mass is 32.1. The van der Waals surface area contributed by atoms with Gasteiger partial charge in [-0.05, 0) is 52.5 Å². The molecule has 10 aromatic rings. The second kappa shape index (κ2) is 11.6. The number of thiophene rings is 1. The van der Waals surface area contributed by atoms with Crippen LogP contribution in [0.25, 0.3) is 98.5 Å². The lowest BCUT2D eigenvalue weighted by Gasteiger charge is -2.10. The number of aromatic nitrogens is 3. The first-order chi connectivity index (χ1) is 29.3. The quantitative estimate of drug-likeness (QED) is 0.183. The number of benzene rings is 7. The summed E-state index contributed by atoms with van der Waals surface area (Å²) >= 11 is 0.887. The van der Waals surface area contributed by atoms with Gasteiger partial charge >= 0.3 is 0 Å². The van der Waals surface area contributed by atoms with Crippen LogP contribution >= 0.6 is 11.3 Å². The topological polar surface area (TPSA) is 51.8 Å². The van der Waals surface area contributed by atoms with Crippen LogP contribution in [-0.4, -0.2) is 15.0 Å². The van der Waals surface area contributed by atoms with Gasteiger partial charge in [0.1, 0.15) is 11.2 Å². The Labute approximate surface area is 307 Å². The van der Waals surface area contributed by atoms with E-state index in [0.717, 1.165) is 33.2 Å². The number of hydrogen-bond acceptors (Lipinski definition) is 5. The molecular formula is C45H27N3OS. The van der Waals surface area contributed by atoms with Crippen molar-refractivity contribution in [3.05, 3.63) is 164 Å². The highest BCUT2D eigenvalue weighted by Crippen LogP contribution is 2.41. The maximum absolute atomic E-state index is 9.34. The Morgan fingerprint density at radius 2 is 1.16 bits per heavy atom. The average Bonchev–Trinajstić information content (AvgIpc) is 3.87. The molecule has 0 aliphatic heterocycles. The highest BCUT2D eigenvalue weighted by Gasteiger charge is 2.18. The molecule has 0 aliphatic rings. The van der Waals surface area contributed by atoms with Gasteiger partial charge in [0.2, 0.25) is 0 Å². The summed E-state index contributed by atoms with van der Waals surface area (Å²) in [5.74, 6) is 0.391. The summed E-state index contributed by atoms with van der Waals surface area (Å²) in [5, 5.41) is 1.95. The standard InChI is InChI=1S/C45H27N3OS/c1-3-10-28(11-4-1)30-18-20-31(21-19-30)43-46-44(33-23-24-35-34-14-7-8-16-38(34)49-39(35)26-33)48-45(47-43)37-15-9-17-40-42(37)36-25-22-32(27-41(36)50-40)29-12-5-2-6-13-29/h1-27H/i2D,5D,6D,9D,12D,13D,15D,17D,22D,25D,27D. The van der Waals surface area contributed by atoms with Crippen molar-refractivity contribution >= 4 is 53.4 Å². The first-order valence-corrected chi connectivity index (χ1v) is 16.5. The number of para-hydroxylation sites is 1. The van der Waals surface area contributed by atoms with E-state index in [2.05, 4.69) is 0 Å². The van der Waals surface area contributed by atoms with E-state index in [-0.39, 0.29) is 54.8 Å². The fourth-order valence-corrected chi connectivity index (χ4v) is 7.19. The zero-order valence-electron chi connectivity index (χ0n) is 36.9. The smallest absolute Gasteiger partial charge is 0.164 e. The maximum Gasteiger partial charge on any atom is 0.164 e. The van der Waals surface area contributed by atoms with Crippen LogP contribution in [0, 0.1) is 0 Å². The molecule has 234 valence electrons. The largest absolute Gasteiger partial charge is 0.456 e. The third-order valence-electron chi connectivity index (χ3n) is 8.57. The van der Waals surface area contributed by atoms with Crippen LogP contribution in [0.5, 0.6) is 0 Å². The first-order valence-electron chi connectivity index (χ1n) is 21.2. The number of fused-ring (bicyclic) bond motifs is 6. The summed E-state index contributed by atoms with van der Waals surface area (Å²) in [4.78, 5) is 14.7. The lowest BCUT2D eigenvalue weighted by atomic mass is 10.0. The average molecular weight is 669 g/mol. The Balaban J connectivity index is 1.26. The highest BCUT2D eigenvalue weighted by molar-refractivity contribution is 7.26. The Morgan fingerprint density at radius 3 is 2.02 bits per heavy atom. The van der Waals surface area contributed by atoms with E-state index < -0.39 is 66.0 Å². The van der Waals surface area contributed by atoms with Crippen LogP contribution in [-0.2, 0) is 0 Å². The number of rotatable bonds is 5. The third kappa shape index (κ3) is 4.87. The van der Waals surface area contributed by atoms with Crippen molar-refractivity contribution in [2.75, 3.05) is 0 Å². The molecule has 4 nitrogen and oxygen atoms in total. The molecule has 0 aliphatic carbocycles. The van der Waals surface area contributed by atoms with Gasteiger partial charge in [-0.2, -0.15) is 0 Å². The van der Waals surface area contributed by atoms with Crippen molar-refractivity contribution in [2.45, 2.75) is 0 Å². The second-order valence-corrected chi connectivity index (χ2v) is 12.6. The normalized spacial score (nSPS) is 14.7. The van der Waals surface area contributed by atoms with Crippen LogP contribution in [0.2, 0.25) is 0 Å². The maximum atomic E-state index is 9.34. The molecule has 0 radical (unpaired) electrons. The fraction of sp³-hybridized carbons (Fsp3) is 0. The van der Waals surface area contributed by atoms with Crippen molar-refractivity contribution < 1.29 is 19.5 Å². The molecule has 0 saturated carbocycles. The van der Waals surface area contributed by atoms with Crippen LogP contribution in [0.4, 0.5) is 0 Å². The summed E-state index contributed by atoms with van der Waals surface area (Å²) in [7, 11) is 0. The van der Waals surface area contributed by atoms with Gasteiger partial charge < -0.3 is 4.42 Å². The van der Waals surface area contributed by atoms with E-state index in [1.54, 1.807) is 0 Å². The van der Waals surface area contributed by atoms with Crippen molar-refractivity contribution in [1.29, 1.82) is 0 Å². The van der Waals surface area contributed by atoms with E-state index in [9.17, 15) is 4.11 Å². The van der Waals surface area contributed by atoms with Gasteiger partial charge in [-0.25, -0.2) is 15.0 Å². The molecular weight excluding hydrogens is 631 g/mol. The summed E-state index contributed by atoms with van der Waals surface area (Å²) in [5.41, 5.74) is 3.70. The Kier molecular flexibility index (Phi) is 4.54. The van der Waals surface area contributed by atoms with Crippen LogP contribution in [0.1, 0.15) is 15.1 Å². The van der Waals surface area contributed by atoms with E-state index >= 15 is 0 Å². The van der Waals surface area contributed by atoms with Crippen molar-refractivity contribution in [3.8, 4) is 56.4 Å². The monoisotopic (exact) mass is 668 g/mol. The van der Waals surface area contributed by atoms with Gasteiger partial charge in [0.25, 0.3) is 0 Å². The molecule has 0 bridgehead atoms. The van der Waals surface area contributed by atoms with Crippen LogP contribution < -0.4 is 0 Å². The summed E-state index contributed by atoms with van der Waals surface area (Å²) in [6.45, 7) is 0. The molecule has 10 rings (SSSR count). The molecule has 0 spiro atoms. The van der Waals surface area contributed by atoms with E-state index in [4.69, 9.17) is 30.3 Å². The van der Waals surface area contributed by atoms with Crippen molar-refractivity contribution in [2.24, 2.45) is 0 Å². The minimum absolute atomic E-state index is 0.0132. The molecule has 0 unspecified atom stereocenters. The van der Waals surface area contributed by atoms with Gasteiger partial charge in [0.15, 0.2) is 17.5 Å². The van der Waals surface area contributed by atoms with Crippen LogP contribution in [0.15, 0.2) is 168 Å². The lowest BCUT2D eigenvalue weighted by molar-refractivity contribution is 0.669. The number of nitrogens with zero attached hydrogens (tertiary/aromatic N) is 3. The van der Waals surface area contributed by atoms with Crippen molar-refractivity contribution in [3.63, 3.8) is 0 Å². The van der Waals surface area contributed by atoms with Gasteiger partial charge in [0, 0.05) is 47.6 Å². The molecule has 0 amide bonds. The van der Waals surface area contributed by atoms with E-state index in [1.165, 1.54) is 0 Å². The Bertz CT molecular complexity index is 3470. The number of hydrogen-bond donors (Lipinski definition) is 0. The molecule has 0 N–H and O–H groups in total. The number of furan rings is 1. The molecule has 5 heteroatoms. The molecule has 0 saturated heterocycles. The minimum atomic E-state index is -0.651. The zero-order valence-corrected chi connectivity index (χ0v) is 26.7. The third-order valence-corrected chi connectivity index (χ3v) is 9.59. The summed E-state index contributed by atoms with van der Waals surface area (Å²) in [6, 6.07) is 24.9. The zero-order chi connectivity index (χ0) is 42.6. The second-order valence-electron chi connectivity index (χ2n) is 11.6. The van der Waals surface area contributed by atoms with Crippen molar-refractivity contribution in [1.82, 2.24) is 15.0 Å². The fourth-order valence-electron chi connectivity index (χ4n) is 6.17. The molecule has 0 atom stereocenters. The lowest BCUT2D eigenvalue weighted by Crippen LogP contribution is -2.00. The van der Waals surface area contributed by atoms with Gasteiger partial charge in [-0.15, -0.1) is 11.3 Å². The predicted octanol–water partition coefficient (Wildman–Crippen LogP) is 12.5. The molecule has 0 fully saturated rings. The molecule has 50 heavy (non-hydrogen) atoms. The summed E-state index contributed by atoms with van der Waals surface area (Å²) in [6.07, 6.45) is 0. The predicted molar refractivity (Wildman–Crippen MR) is 207 cm³/mol. The molecule has 7 aromatic carbocycles. The SMILES string of the molecule is [2H]c1c([2H])c([2H])c(-c2c([2H])c([2H])c3c(sc4c([2H])c([2H])c([2H])c(-c5nc(-c6ccc(-c7ccccc7)cc6)nc(-c6ccc7c(c6)oc6ccccc67)n5)c43)c2[2H])c([2H])c1[2H]. The van der Waals surface area contributed by atoms with Gasteiger partial charge in [-0.1, -0.05) is 133 Å². The molecule has 3 heterocycles. The van der Waals surface area contributed by atoms with Gasteiger partial charge in [-0.3, -0.25) is 0 Å². The Hall–Kier alpha value is -6.43. The Morgan fingerprint density at radius 1 is 0.460 bits per heavy atom. The van der Waals surface area contributed by atoms with E-state index in [1.807, 2.05) is 97.1 Å². The van der Waals surface area contributed by atoms with Crippen LogP contribution in [0.3, 0.4) is 0 Å².